The van der Waals surface area contributed by atoms with Gasteiger partial charge in [-0.1, -0.05) is 36.4 Å². The molecular formula is C18H22N4O3. The van der Waals surface area contributed by atoms with E-state index in [9.17, 15) is 10.2 Å². The monoisotopic (exact) mass is 342 g/mol. The zero-order chi connectivity index (χ0) is 17.9. The lowest BCUT2D eigenvalue weighted by Crippen LogP contribution is -2.32. The molecule has 2 aromatic carbocycles. The number of rotatable bonds is 9. The highest BCUT2D eigenvalue weighted by atomic mass is 16.4. The van der Waals surface area contributed by atoms with Crippen molar-refractivity contribution in [3.05, 3.63) is 60.7 Å². The molecule has 0 saturated heterocycles. The van der Waals surface area contributed by atoms with Gasteiger partial charge in [0.2, 0.25) is 0 Å². The molecule has 2 atom stereocenters. The topological polar surface area (TPSA) is 109 Å². The first-order chi connectivity index (χ1) is 12.2. The Hall–Kier alpha value is -2.74. The summed E-state index contributed by atoms with van der Waals surface area (Å²) in [6.45, 7) is -0.528. The Balaban J connectivity index is 2.05. The normalized spacial score (nSPS) is 14.3. The Morgan fingerprint density at radius 2 is 1.44 bits per heavy atom. The fourth-order valence-electron chi connectivity index (χ4n) is 1.94. The van der Waals surface area contributed by atoms with Crippen LogP contribution in [0.2, 0.25) is 0 Å². The van der Waals surface area contributed by atoms with Crippen LogP contribution in [0, 0.1) is 0 Å². The van der Waals surface area contributed by atoms with E-state index in [1.807, 2.05) is 60.7 Å². The minimum absolute atomic E-state index is 0.0293. The summed E-state index contributed by atoms with van der Waals surface area (Å²) in [6.07, 6.45) is -0.903. The molecule has 5 N–H and O–H groups in total. The maximum atomic E-state index is 9.90. The van der Waals surface area contributed by atoms with Gasteiger partial charge in [-0.3, -0.25) is 10.9 Å². The van der Waals surface area contributed by atoms with Crippen molar-refractivity contribution in [2.75, 3.05) is 17.5 Å². The van der Waals surface area contributed by atoms with Gasteiger partial charge in [0.1, 0.15) is 6.10 Å². The predicted octanol–water partition coefficient (Wildman–Crippen LogP) is 1.66. The fourth-order valence-corrected chi connectivity index (χ4v) is 1.94. The average Bonchev–Trinajstić information content (AvgIpc) is 2.66. The van der Waals surface area contributed by atoms with Crippen LogP contribution in [0.5, 0.6) is 0 Å². The lowest BCUT2D eigenvalue weighted by molar-refractivity contribution is -0.00971. The molecule has 25 heavy (non-hydrogen) atoms. The highest BCUT2D eigenvalue weighted by Crippen LogP contribution is 2.07. The smallest absolute Gasteiger partial charge is 0.103 e. The molecule has 0 spiro atoms. The number of hydrazone groups is 2. The Bertz CT molecular complexity index is 677. The molecule has 0 fully saturated rings. The van der Waals surface area contributed by atoms with Gasteiger partial charge < -0.3 is 15.3 Å². The highest BCUT2D eigenvalue weighted by Gasteiger charge is 2.17. The number of aliphatic hydroxyl groups is 3. The summed E-state index contributed by atoms with van der Waals surface area (Å²) < 4.78 is 0. The quantitative estimate of drug-likeness (QED) is 0.352. The SMILES string of the molecule is OC[C@@H](O)[C@@H](O)CC(/C=N/Nc1ccccc1)=N/Nc1ccccc1. The summed E-state index contributed by atoms with van der Waals surface area (Å²) in [7, 11) is 0. The first kappa shape index (κ1) is 18.6. The first-order valence-corrected chi connectivity index (χ1v) is 7.88. The number of nitrogens with one attached hydrogen (secondary N) is 2. The van der Waals surface area contributed by atoms with Crippen molar-refractivity contribution in [3.8, 4) is 0 Å². The second-order valence-electron chi connectivity index (χ2n) is 5.34. The predicted molar refractivity (Wildman–Crippen MR) is 99.8 cm³/mol. The Morgan fingerprint density at radius 1 is 0.880 bits per heavy atom. The van der Waals surface area contributed by atoms with E-state index in [-0.39, 0.29) is 6.42 Å². The fraction of sp³-hybridized carbons (Fsp3) is 0.222. The van der Waals surface area contributed by atoms with Crippen molar-refractivity contribution in [3.63, 3.8) is 0 Å². The average molecular weight is 342 g/mol. The van der Waals surface area contributed by atoms with Crippen molar-refractivity contribution in [1.29, 1.82) is 0 Å². The third-order valence-electron chi connectivity index (χ3n) is 3.33. The lowest BCUT2D eigenvalue weighted by Gasteiger charge is -2.15. The van der Waals surface area contributed by atoms with E-state index in [4.69, 9.17) is 5.11 Å². The number of para-hydroxylation sites is 2. The number of anilines is 2. The number of nitrogens with zero attached hydrogens (tertiary/aromatic N) is 2. The Morgan fingerprint density at radius 3 is 2.00 bits per heavy atom. The van der Waals surface area contributed by atoms with Gasteiger partial charge in [0, 0.05) is 6.42 Å². The zero-order valence-electron chi connectivity index (χ0n) is 13.7. The second-order valence-corrected chi connectivity index (χ2v) is 5.34. The summed E-state index contributed by atoms with van der Waals surface area (Å²) in [5, 5.41) is 36.7. The molecule has 2 rings (SSSR count). The molecule has 0 bridgehead atoms. The van der Waals surface area contributed by atoms with Gasteiger partial charge in [-0.15, -0.1) is 0 Å². The number of hydrogen-bond donors (Lipinski definition) is 5. The number of aliphatic hydroxyl groups excluding tert-OH is 3. The van der Waals surface area contributed by atoms with Crippen LogP contribution in [0.15, 0.2) is 70.9 Å². The van der Waals surface area contributed by atoms with Crippen LogP contribution in [-0.4, -0.2) is 46.1 Å². The van der Waals surface area contributed by atoms with Crippen molar-refractivity contribution in [2.45, 2.75) is 18.6 Å². The molecule has 7 nitrogen and oxygen atoms in total. The van der Waals surface area contributed by atoms with Crippen molar-refractivity contribution < 1.29 is 15.3 Å². The van der Waals surface area contributed by atoms with Crippen LogP contribution in [0.1, 0.15) is 6.42 Å². The minimum Gasteiger partial charge on any atom is -0.394 e. The second kappa shape index (κ2) is 10.2. The van der Waals surface area contributed by atoms with Crippen LogP contribution in [0.3, 0.4) is 0 Å². The summed E-state index contributed by atoms with van der Waals surface area (Å²) in [5.41, 5.74) is 7.73. The molecule has 2 aromatic rings. The van der Waals surface area contributed by atoms with E-state index in [2.05, 4.69) is 21.1 Å². The summed E-state index contributed by atoms with van der Waals surface area (Å²) in [5.74, 6) is 0. The third-order valence-corrected chi connectivity index (χ3v) is 3.33. The van der Waals surface area contributed by atoms with Crippen LogP contribution in [0.25, 0.3) is 0 Å². The molecule has 0 unspecified atom stereocenters. The van der Waals surface area contributed by atoms with Crippen molar-refractivity contribution in [1.82, 2.24) is 0 Å². The zero-order valence-corrected chi connectivity index (χ0v) is 13.7. The van der Waals surface area contributed by atoms with Crippen LogP contribution >= 0.6 is 0 Å². The Kier molecular flexibility index (Phi) is 7.58. The van der Waals surface area contributed by atoms with Gasteiger partial charge in [-0.05, 0) is 24.3 Å². The molecule has 0 aliphatic carbocycles. The standard InChI is InChI=1S/C18H22N4O3/c23-13-18(25)17(24)11-16(22-21-15-9-5-2-6-10-15)12-19-20-14-7-3-1-4-8-14/h1-10,12,17-18,20-21,23-25H,11,13H2/b19-12+,22-16-/t17-,18+/m0/s1. The molecule has 0 heterocycles. The molecule has 0 aromatic heterocycles. The van der Waals surface area contributed by atoms with Gasteiger partial charge in [-0.2, -0.15) is 10.2 Å². The molecule has 7 heteroatoms. The molecule has 0 radical (unpaired) electrons. The van der Waals surface area contributed by atoms with Crippen LogP contribution < -0.4 is 10.9 Å². The number of hydrogen-bond acceptors (Lipinski definition) is 7. The van der Waals surface area contributed by atoms with E-state index < -0.39 is 18.8 Å². The molecular weight excluding hydrogens is 320 g/mol. The number of benzene rings is 2. The molecule has 0 aliphatic heterocycles. The Labute approximate surface area is 146 Å². The van der Waals surface area contributed by atoms with Crippen LogP contribution in [-0.2, 0) is 0 Å². The molecule has 132 valence electrons. The summed E-state index contributed by atoms with van der Waals surface area (Å²) >= 11 is 0. The van der Waals surface area contributed by atoms with Crippen LogP contribution in [0.4, 0.5) is 11.4 Å². The van der Waals surface area contributed by atoms with Gasteiger partial charge in [0.15, 0.2) is 0 Å². The van der Waals surface area contributed by atoms with E-state index in [1.165, 1.54) is 6.21 Å². The first-order valence-electron chi connectivity index (χ1n) is 7.88. The minimum atomic E-state index is -1.24. The van der Waals surface area contributed by atoms with Gasteiger partial charge in [0.25, 0.3) is 0 Å². The van der Waals surface area contributed by atoms with Gasteiger partial charge in [0.05, 0.1) is 36.0 Å². The summed E-state index contributed by atoms with van der Waals surface area (Å²) in [4.78, 5) is 0. The van der Waals surface area contributed by atoms with E-state index in [1.54, 1.807) is 0 Å². The highest BCUT2D eigenvalue weighted by molar-refractivity contribution is 6.31. The van der Waals surface area contributed by atoms with E-state index >= 15 is 0 Å². The van der Waals surface area contributed by atoms with E-state index in [0.29, 0.717) is 5.71 Å². The van der Waals surface area contributed by atoms with Gasteiger partial charge in [-0.25, -0.2) is 0 Å². The van der Waals surface area contributed by atoms with Gasteiger partial charge >= 0.3 is 0 Å². The molecule has 0 saturated carbocycles. The molecule has 0 aliphatic rings. The van der Waals surface area contributed by atoms with E-state index in [0.717, 1.165) is 11.4 Å². The summed E-state index contributed by atoms with van der Waals surface area (Å²) in [6, 6.07) is 18.7. The third kappa shape index (κ3) is 6.72. The maximum absolute atomic E-state index is 9.90. The van der Waals surface area contributed by atoms with Crippen molar-refractivity contribution >= 4 is 23.3 Å². The maximum Gasteiger partial charge on any atom is 0.103 e. The largest absolute Gasteiger partial charge is 0.394 e. The van der Waals surface area contributed by atoms with Crippen molar-refractivity contribution in [2.24, 2.45) is 10.2 Å². The lowest BCUT2D eigenvalue weighted by atomic mass is 10.1. The molecule has 0 amide bonds.